The van der Waals surface area contributed by atoms with Gasteiger partial charge in [0.05, 0.1) is 25.0 Å². The molecule has 1 aromatic heterocycles. The molecule has 5 nitrogen and oxygen atoms in total. The van der Waals surface area contributed by atoms with E-state index in [4.69, 9.17) is 10.00 Å². The number of nitriles is 1. The first kappa shape index (κ1) is 14.9. The number of hydrogen-bond acceptors (Lipinski definition) is 6. The average Bonchev–Trinajstić information content (AvgIpc) is 2.47. The molecule has 0 unspecified atom stereocenters. The minimum Gasteiger partial charge on any atom is -0.378 e. The van der Waals surface area contributed by atoms with Crippen LogP contribution in [-0.4, -0.2) is 36.8 Å². The first-order valence-corrected chi connectivity index (χ1v) is 7.31. The van der Waals surface area contributed by atoms with Crippen molar-refractivity contribution in [1.82, 2.24) is 4.98 Å². The highest BCUT2D eigenvalue weighted by Gasteiger charge is 2.19. The van der Waals surface area contributed by atoms with Gasteiger partial charge in [0.25, 0.3) is 0 Å². The van der Waals surface area contributed by atoms with Crippen molar-refractivity contribution < 1.29 is 4.74 Å². The third kappa shape index (κ3) is 3.78. The summed E-state index contributed by atoms with van der Waals surface area (Å²) in [6, 6.07) is 6.25. The molecule has 1 fully saturated rings. The summed E-state index contributed by atoms with van der Waals surface area (Å²) in [6.45, 7) is 6.89. The second kappa shape index (κ2) is 6.33. The second-order valence-corrected chi connectivity index (χ2v) is 5.64. The van der Waals surface area contributed by atoms with Crippen LogP contribution in [0.4, 0.5) is 11.5 Å². The van der Waals surface area contributed by atoms with E-state index in [-0.39, 0.29) is 0 Å². The zero-order chi connectivity index (χ0) is 14.6. The van der Waals surface area contributed by atoms with Gasteiger partial charge in [-0.2, -0.15) is 17.9 Å². The van der Waals surface area contributed by atoms with Crippen LogP contribution in [0.5, 0.6) is 0 Å². The van der Waals surface area contributed by atoms with Crippen LogP contribution in [0.3, 0.4) is 0 Å². The van der Waals surface area contributed by atoms with Crippen LogP contribution in [0.25, 0.3) is 0 Å². The fourth-order valence-electron chi connectivity index (χ4n) is 2.07. The van der Waals surface area contributed by atoms with Crippen molar-refractivity contribution in [2.45, 2.75) is 25.1 Å². The molecule has 2 rings (SSSR count). The van der Waals surface area contributed by atoms with Gasteiger partial charge in [-0.15, -0.1) is 0 Å². The minimum absolute atomic E-state index is 0.569. The fourth-order valence-corrected chi connectivity index (χ4v) is 2.23. The smallest absolute Gasteiger partial charge is 0.129 e. The Morgan fingerprint density at radius 2 is 2.15 bits per heavy atom. The summed E-state index contributed by atoms with van der Waals surface area (Å²) in [5.74, 6) is 1.28. The third-order valence-corrected chi connectivity index (χ3v) is 3.45. The Balaban J connectivity index is 2.26. The lowest BCUT2D eigenvalue weighted by Crippen LogP contribution is -2.36. The number of ether oxygens (including phenoxy) is 1. The molecule has 0 amide bonds. The van der Waals surface area contributed by atoms with Crippen molar-refractivity contribution in [2.24, 2.45) is 0 Å². The molecule has 0 radical (unpaired) electrons. The van der Waals surface area contributed by atoms with Gasteiger partial charge in [0.1, 0.15) is 11.4 Å². The second-order valence-electron chi connectivity index (χ2n) is 5.32. The topological polar surface area (TPSA) is 61.2 Å². The molecular weight excluding hydrogens is 272 g/mol. The molecule has 108 valence electrons. The zero-order valence-corrected chi connectivity index (χ0v) is 12.8. The van der Waals surface area contributed by atoms with Gasteiger partial charge >= 0.3 is 0 Å². The number of thiol groups is 1. The van der Waals surface area contributed by atoms with Crippen LogP contribution in [0.15, 0.2) is 12.1 Å². The van der Waals surface area contributed by atoms with Crippen LogP contribution in [0, 0.1) is 11.3 Å². The average molecular weight is 292 g/mol. The number of aromatic nitrogens is 1. The molecule has 0 bridgehead atoms. The number of pyridine rings is 1. The molecule has 1 aliphatic heterocycles. The lowest BCUT2D eigenvalue weighted by atomic mass is 10.1. The number of nitrogens with one attached hydrogen (secondary N) is 1. The van der Waals surface area contributed by atoms with Gasteiger partial charge in [-0.05, 0) is 19.9 Å². The summed E-state index contributed by atoms with van der Waals surface area (Å²) < 4.78 is 5.37. The monoisotopic (exact) mass is 292 g/mol. The number of nitrogens with zero attached hydrogens (tertiary/aromatic N) is 3. The number of anilines is 2. The Labute approximate surface area is 125 Å². The number of morpholine rings is 1. The SMILES string of the molecule is CC(C)(C#N)Nc1cc(N2CCOCC2)cc(CS)n1. The van der Waals surface area contributed by atoms with Gasteiger partial charge in [-0.25, -0.2) is 4.98 Å². The first-order valence-electron chi connectivity index (χ1n) is 6.68. The van der Waals surface area contributed by atoms with E-state index in [1.54, 1.807) is 0 Å². The lowest BCUT2D eigenvalue weighted by Gasteiger charge is -2.30. The van der Waals surface area contributed by atoms with Gasteiger partial charge < -0.3 is 15.0 Å². The van der Waals surface area contributed by atoms with Crippen molar-refractivity contribution in [1.29, 1.82) is 5.26 Å². The van der Waals surface area contributed by atoms with Gasteiger partial charge in [-0.1, -0.05) is 0 Å². The predicted octanol–water partition coefficient (Wildman–Crippen LogP) is 2.06. The van der Waals surface area contributed by atoms with E-state index < -0.39 is 5.54 Å². The summed E-state index contributed by atoms with van der Waals surface area (Å²) >= 11 is 4.30. The quantitative estimate of drug-likeness (QED) is 0.832. The van der Waals surface area contributed by atoms with E-state index in [9.17, 15) is 0 Å². The van der Waals surface area contributed by atoms with Crippen molar-refractivity contribution in [3.05, 3.63) is 17.8 Å². The van der Waals surface area contributed by atoms with Crippen molar-refractivity contribution in [3.8, 4) is 6.07 Å². The van der Waals surface area contributed by atoms with Crippen LogP contribution < -0.4 is 10.2 Å². The van der Waals surface area contributed by atoms with E-state index >= 15 is 0 Å². The Kier molecular flexibility index (Phi) is 4.73. The Morgan fingerprint density at radius 1 is 1.45 bits per heavy atom. The lowest BCUT2D eigenvalue weighted by molar-refractivity contribution is 0.122. The molecule has 0 saturated carbocycles. The Morgan fingerprint density at radius 3 is 2.75 bits per heavy atom. The van der Waals surface area contributed by atoms with Crippen molar-refractivity contribution >= 4 is 24.1 Å². The Hall–Kier alpha value is -1.45. The van der Waals surface area contributed by atoms with Crippen LogP contribution in [-0.2, 0) is 10.5 Å². The molecule has 0 aliphatic carbocycles. The first-order chi connectivity index (χ1) is 9.54. The summed E-state index contributed by atoms with van der Waals surface area (Å²) in [7, 11) is 0. The molecule has 1 aliphatic rings. The Bertz CT molecular complexity index is 506. The molecule has 0 atom stereocenters. The molecule has 0 spiro atoms. The van der Waals surface area contributed by atoms with Gasteiger partial charge in [0, 0.05) is 30.6 Å². The summed E-state index contributed by atoms with van der Waals surface area (Å²) in [4.78, 5) is 6.75. The third-order valence-electron chi connectivity index (χ3n) is 3.12. The molecule has 1 aromatic rings. The zero-order valence-electron chi connectivity index (χ0n) is 11.9. The van der Waals surface area contributed by atoms with Crippen LogP contribution >= 0.6 is 12.6 Å². The molecule has 2 heterocycles. The summed E-state index contributed by atoms with van der Waals surface area (Å²) in [6.07, 6.45) is 0. The normalized spacial score (nSPS) is 15.8. The number of hydrogen-bond donors (Lipinski definition) is 2. The fraction of sp³-hybridized carbons (Fsp3) is 0.571. The highest BCUT2D eigenvalue weighted by molar-refractivity contribution is 7.79. The summed E-state index contributed by atoms with van der Waals surface area (Å²) in [5.41, 5.74) is 1.35. The maximum atomic E-state index is 9.12. The van der Waals surface area contributed by atoms with Crippen LogP contribution in [0.2, 0.25) is 0 Å². The molecular formula is C14H20N4OS. The number of rotatable bonds is 4. The van der Waals surface area contributed by atoms with E-state index in [0.717, 1.165) is 37.7 Å². The molecule has 20 heavy (non-hydrogen) atoms. The van der Waals surface area contributed by atoms with E-state index in [1.165, 1.54) is 0 Å². The van der Waals surface area contributed by atoms with Crippen LogP contribution in [0.1, 0.15) is 19.5 Å². The molecule has 6 heteroatoms. The molecule has 1 N–H and O–H groups in total. The van der Waals surface area contributed by atoms with Gasteiger partial charge in [0.2, 0.25) is 0 Å². The van der Waals surface area contributed by atoms with Gasteiger partial charge in [-0.3, -0.25) is 0 Å². The maximum Gasteiger partial charge on any atom is 0.129 e. The predicted molar refractivity (Wildman–Crippen MR) is 83.3 cm³/mol. The van der Waals surface area contributed by atoms with E-state index in [0.29, 0.717) is 11.6 Å². The van der Waals surface area contributed by atoms with E-state index in [1.807, 2.05) is 26.0 Å². The highest BCUT2D eigenvalue weighted by atomic mass is 32.1. The van der Waals surface area contributed by atoms with Gasteiger partial charge in [0.15, 0.2) is 0 Å². The highest BCUT2D eigenvalue weighted by Crippen LogP contribution is 2.23. The summed E-state index contributed by atoms with van der Waals surface area (Å²) in [5, 5.41) is 12.3. The molecule has 0 aromatic carbocycles. The molecule has 1 saturated heterocycles. The van der Waals surface area contributed by atoms with Crippen molar-refractivity contribution in [2.75, 3.05) is 36.5 Å². The standard InChI is InChI=1S/C14H20N4OS/c1-14(2,10-15)17-13-8-12(7-11(9-20)16-13)18-3-5-19-6-4-18/h7-8,20H,3-6,9H2,1-2H3,(H,16,17). The van der Waals surface area contributed by atoms with Crippen molar-refractivity contribution in [3.63, 3.8) is 0 Å². The van der Waals surface area contributed by atoms with E-state index in [2.05, 4.69) is 33.9 Å². The maximum absolute atomic E-state index is 9.12. The largest absolute Gasteiger partial charge is 0.378 e. The minimum atomic E-state index is -0.648.